The van der Waals surface area contributed by atoms with Crippen LogP contribution in [0.3, 0.4) is 0 Å². The summed E-state index contributed by atoms with van der Waals surface area (Å²) in [5, 5.41) is 0. The Labute approximate surface area is 186 Å². The van der Waals surface area contributed by atoms with E-state index >= 15 is 0 Å². The van der Waals surface area contributed by atoms with Gasteiger partial charge in [-0.3, -0.25) is 4.79 Å². The van der Waals surface area contributed by atoms with Gasteiger partial charge in [0.2, 0.25) is 12.5 Å². The molecule has 1 saturated heterocycles. The highest BCUT2D eigenvalue weighted by atomic mass is 16.7. The maximum absolute atomic E-state index is 11.6. The lowest BCUT2D eigenvalue weighted by Crippen LogP contribution is -2.32. The third-order valence-corrected chi connectivity index (χ3v) is 6.58. The molecule has 1 fully saturated rings. The third-order valence-electron chi connectivity index (χ3n) is 6.58. The van der Waals surface area contributed by atoms with Crippen LogP contribution in [0.1, 0.15) is 35.6 Å². The second kappa shape index (κ2) is 8.09. The molecule has 4 atom stereocenters. The Hall–Kier alpha value is -3.13. The molecule has 1 aliphatic carbocycles. The predicted molar refractivity (Wildman–Crippen MR) is 113 cm³/mol. The Bertz CT molecular complexity index is 1020. The van der Waals surface area contributed by atoms with Crippen molar-refractivity contribution < 1.29 is 38.0 Å². The van der Waals surface area contributed by atoms with Crippen LogP contribution in [-0.2, 0) is 14.3 Å². The summed E-state index contributed by atoms with van der Waals surface area (Å²) >= 11 is 0. The Balaban J connectivity index is 1.67. The van der Waals surface area contributed by atoms with Crippen LogP contribution in [0.4, 0.5) is 0 Å². The average molecular weight is 442 g/mol. The molecule has 32 heavy (non-hydrogen) atoms. The smallest absolute Gasteiger partial charge is 0.302 e. The van der Waals surface area contributed by atoms with E-state index in [0.29, 0.717) is 36.2 Å². The first-order valence-electron chi connectivity index (χ1n) is 10.5. The fraction of sp³-hybridized carbons (Fsp3) is 0.458. The van der Waals surface area contributed by atoms with E-state index in [4.69, 9.17) is 33.2 Å². The highest BCUT2D eigenvalue weighted by Crippen LogP contribution is 2.57. The summed E-state index contributed by atoms with van der Waals surface area (Å²) in [5.74, 6) is 2.89. The molecule has 0 N–H and O–H groups in total. The zero-order chi connectivity index (χ0) is 22.4. The Morgan fingerprint density at radius 1 is 0.969 bits per heavy atom. The van der Waals surface area contributed by atoms with Gasteiger partial charge in [0.25, 0.3) is 0 Å². The molecular weight excluding hydrogens is 416 g/mol. The van der Waals surface area contributed by atoms with Crippen molar-refractivity contribution >= 4 is 5.97 Å². The fourth-order valence-electron chi connectivity index (χ4n) is 5.20. The summed E-state index contributed by atoms with van der Waals surface area (Å²) in [6.07, 6.45) is -0.179. The van der Waals surface area contributed by atoms with Crippen LogP contribution < -0.4 is 23.7 Å². The molecule has 0 aromatic heterocycles. The first kappa shape index (κ1) is 20.8. The summed E-state index contributed by atoms with van der Waals surface area (Å²) < 4.78 is 39.7. The van der Waals surface area contributed by atoms with E-state index in [-0.39, 0.29) is 36.6 Å². The van der Waals surface area contributed by atoms with Gasteiger partial charge in [0, 0.05) is 24.7 Å². The van der Waals surface area contributed by atoms with Gasteiger partial charge in [-0.1, -0.05) is 0 Å². The van der Waals surface area contributed by atoms with Crippen molar-refractivity contribution in [3.05, 3.63) is 41.0 Å². The Kier molecular flexibility index (Phi) is 5.25. The normalized spacial score (nSPS) is 24.6. The number of rotatable bonds is 6. The number of ether oxygens (including phenoxy) is 7. The summed E-state index contributed by atoms with van der Waals surface area (Å²) in [7, 11) is 4.79. The largest absolute Gasteiger partial charge is 0.493 e. The molecule has 3 aliphatic rings. The second-order valence-electron chi connectivity index (χ2n) is 8.15. The quantitative estimate of drug-likeness (QED) is 0.630. The topological polar surface area (TPSA) is 81.7 Å². The van der Waals surface area contributed by atoms with E-state index in [1.165, 1.54) is 6.92 Å². The van der Waals surface area contributed by atoms with Crippen molar-refractivity contribution in [2.75, 3.05) is 41.3 Å². The summed E-state index contributed by atoms with van der Waals surface area (Å²) in [5.41, 5.74) is 3.13. The van der Waals surface area contributed by atoms with E-state index in [9.17, 15) is 4.79 Å². The lowest BCUT2D eigenvalue weighted by molar-refractivity contribution is -0.143. The Morgan fingerprint density at radius 3 is 2.22 bits per heavy atom. The van der Waals surface area contributed by atoms with Crippen LogP contribution in [0.25, 0.3) is 0 Å². The summed E-state index contributed by atoms with van der Waals surface area (Å²) in [4.78, 5) is 11.6. The molecule has 0 spiro atoms. The lowest BCUT2D eigenvalue weighted by atomic mass is 9.67. The van der Waals surface area contributed by atoms with Crippen LogP contribution >= 0.6 is 0 Å². The molecule has 2 heterocycles. The number of hydrogen-bond acceptors (Lipinski definition) is 8. The first-order valence-corrected chi connectivity index (χ1v) is 10.5. The van der Waals surface area contributed by atoms with Crippen molar-refractivity contribution in [2.24, 2.45) is 11.8 Å². The predicted octanol–water partition coefficient (Wildman–Crippen LogP) is 3.45. The van der Waals surface area contributed by atoms with Crippen LogP contribution in [0.5, 0.6) is 28.7 Å². The Morgan fingerprint density at radius 2 is 1.62 bits per heavy atom. The second-order valence-corrected chi connectivity index (χ2v) is 8.15. The number of benzene rings is 2. The van der Waals surface area contributed by atoms with Crippen molar-refractivity contribution in [3.63, 3.8) is 0 Å². The van der Waals surface area contributed by atoms with Gasteiger partial charge in [-0.2, -0.15) is 0 Å². The number of fused-ring (bicyclic) bond motifs is 5. The monoisotopic (exact) mass is 442 g/mol. The maximum atomic E-state index is 11.6. The maximum Gasteiger partial charge on any atom is 0.302 e. The van der Waals surface area contributed by atoms with E-state index in [1.54, 1.807) is 21.3 Å². The van der Waals surface area contributed by atoms with Crippen LogP contribution in [-0.4, -0.2) is 47.3 Å². The zero-order valence-corrected chi connectivity index (χ0v) is 18.5. The average Bonchev–Trinajstić information content (AvgIpc) is 3.39. The van der Waals surface area contributed by atoms with Gasteiger partial charge >= 0.3 is 5.97 Å². The molecule has 0 radical (unpaired) electrons. The molecule has 2 aliphatic heterocycles. The summed E-state index contributed by atoms with van der Waals surface area (Å²) in [6, 6.07) is 7.99. The van der Waals surface area contributed by atoms with Crippen LogP contribution in [0.15, 0.2) is 24.3 Å². The van der Waals surface area contributed by atoms with E-state index in [2.05, 4.69) is 0 Å². The number of esters is 1. The van der Waals surface area contributed by atoms with Gasteiger partial charge in [0.05, 0.1) is 40.6 Å². The van der Waals surface area contributed by atoms with Gasteiger partial charge in [0.1, 0.15) is 0 Å². The number of hydrogen-bond donors (Lipinski definition) is 0. The highest BCUT2D eigenvalue weighted by Gasteiger charge is 2.50. The molecular formula is C24H26O8. The van der Waals surface area contributed by atoms with Crippen molar-refractivity contribution in [3.8, 4) is 28.7 Å². The van der Waals surface area contributed by atoms with E-state index in [0.717, 1.165) is 22.4 Å². The molecule has 2 bridgehead atoms. The fourth-order valence-corrected chi connectivity index (χ4v) is 5.20. The number of carbonyl (C=O) groups is 1. The van der Waals surface area contributed by atoms with Gasteiger partial charge in [-0.15, -0.1) is 0 Å². The molecule has 0 amide bonds. The number of methoxy groups -OCH3 is 3. The zero-order valence-electron chi connectivity index (χ0n) is 18.5. The van der Waals surface area contributed by atoms with Crippen LogP contribution in [0.2, 0.25) is 0 Å². The molecule has 8 nitrogen and oxygen atoms in total. The molecule has 2 aromatic rings. The van der Waals surface area contributed by atoms with Gasteiger partial charge in [-0.25, -0.2) is 0 Å². The third kappa shape index (κ3) is 3.21. The minimum atomic E-state index is -0.301. The van der Waals surface area contributed by atoms with Crippen LogP contribution in [0, 0.1) is 11.8 Å². The van der Waals surface area contributed by atoms with Crippen molar-refractivity contribution in [2.45, 2.75) is 18.9 Å². The summed E-state index contributed by atoms with van der Waals surface area (Å²) in [6.45, 7) is 2.45. The molecule has 5 rings (SSSR count). The highest BCUT2D eigenvalue weighted by molar-refractivity contribution is 5.66. The van der Waals surface area contributed by atoms with E-state index < -0.39 is 0 Å². The molecule has 0 unspecified atom stereocenters. The molecule has 8 heteroatoms. The first-order chi connectivity index (χ1) is 15.5. The minimum absolute atomic E-state index is 0.0101. The van der Waals surface area contributed by atoms with Gasteiger partial charge < -0.3 is 33.2 Å². The van der Waals surface area contributed by atoms with Gasteiger partial charge in [-0.05, 0) is 41.0 Å². The van der Waals surface area contributed by atoms with Gasteiger partial charge in [0.15, 0.2) is 23.0 Å². The van der Waals surface area contributed by atoms with Crippen molar-refractivity contribution in [1.29, 1.82) is 0 Å². The molecule has 170 valence electrons. The lowest BCUT2D eigenvalue weighted by Gasteiger charge is -2.37. The van der Waals surface area contributed by atoms with E-state index in [1.807, 2.05) is 24.3 Å². The number of carbonyl (C=O) groups excluding carboxylic acids is 1. The molecule has 2 aromatic carbocycles. The standard InChI is InChI=1S/C24H26O8/c1-12(25)29-10-17-16-9-30-23(17)15-8-19-18(31-11-32-19)7-14(15)22(16)13-5-20(26-2)24(28-4)21(6-13)27-3/h5-8,16-17,22-23H,9-11H2,1-4H3/t16-,17+,22+,23-/m0/s1. The SMILES string of the molecule is COc1cc([C@@H]2c3cc4c(cc3[C@@H]3OC[C@H]2[C@H]3COC(C)=O)OCO4)cc(OC)c1OC. The van der Waals surface area contributed by atoms with Crippen molar-refractivity contribution in [1.82, 2.24) is 0 Å². The minimum Gasteiger partial charge on any atom is -0.493 e. The molecule has 0 saturated carbocycles.